The van der Waals surface area contributed by atoms with Crippen LogP contribution < -0.4 is 10.6 Å². The van der Waals surface area contributed by atoms with Crippen molar-refractivity contribution in [1.29, 1.82) is 0 Å². The summed E-state index contributed by atoms with van der Waals surface area (Å²) in [6.45, 7) is 11.8. The van der Waals surface area contributed by atoms with E-state index in [1.165, 1.54) is 16.7 Å². The Bertz CT molecular complexity index is 1110. The van der Waals surface area contributed by atoms with E-state index in [-0.39, 0.29) is 6.04 Å². The fourth-order valence-electron chi connectivity index (χ4n) is 4.30. The molecule has 2 N–H and O–H groups in total. The first-order valence-corrected chi connectivity index (χ1v) is 12.1. The molecule has 0 radical (unpaired) electrons. The topological polar surface area (TPSA) is 36.4 Å². The number of hydrogen-bond donors (Lipinski definition) is 2. The van der Waals surface area contributed by atoms with Crippen molar-refractivity contribution in [2.24, 2.45) is 10.9 Å². The minimum atomic E-state index is 0.249. The summed E-state index contributed by atoms with van der Waals surface area (Å²) in [6, 6.07) is 26.2. The summed E-state index contributed by atoms with van der Waals surface area (Å²) in [5, 5.41) is 7.15. The number of aliphatic imine (C=N–C) groups is 1. The van der Waals surface area contributed by atoms with Gasteiger partial charge in [-0.1, -0.05) is 88.4 Å². The molecule has 2 unspecified atom stereocenters. The van der Waals surface area contributed by atoms with Crippen molar-refractivity contribution in [3.05, 3.63) is 102 Å². The maximum Gasteiger partial charge on any atom is 0.0669 e. The van der Waals surface area contributed by atoms with E-state index in [1.807, 2.05) is 0 Å². The summed E-state index contributed by atoms with van der Waals surface area (Å²) >= 11 is 0. The van der Waals surface area contributed by atoms with Gasteiger partial charge in [-0.05, 0) is 52.8 Å². The van der Waals surface area contributed by atoms with E-state index in [0.717, 1.165) is 54.2 Å². The summed E-state index contributed by atoms with van der Waals surface area (Å²) in [7, 11) is 0. The van der Waals surface area contributed by atoms with Gasteiger partial charge in [0.2, 0.25) is 0 Å². The van der Waals surface area contributed by atoms with Gasteiger partial charge >= 0.3 is 0 Å². The summed E-state index contributed by atoms with van der Waals surface area (Å²) in [5.41, 5.74) is 9.34. The summed E-state index contributed by atoms with van der Waals surface area (Å²) < 4.78 is 0. The Morgan fingerprint density at radius 2 is 1.70 bits per heavy atom. The molecule has 1 heterocycles. The highest BCUT2D eigenvalue weighted by Gasteiger charge is 2.20. The molecule has 0 saturated carbocycles. The molecule has 2 atom stereocenters. The standard InChI is InChI=1S/C30H35N3/c1-5-19-31-22(4)23-15-17-27(18-16-23)32-30(21(3)6-2)25-13-11-24(12-14-25)29-20-26-9-7-8-10-28(26)33-29/h7-18,21,30-32H,4-6,19-20H2,1-3H3. The second-order valence-corrected chi connectivity index (χ2v) is 8.98. The molecular weight excluding hydrogens is 402 g/mol. The van der Waals surface area contributed by atoms with Gasteiger partial charge < -0.3 is 10.6 Å². The van der Waals surface area contributed by atoms with Gasteiger partial charge in [-0.25, -0.2) is 0 Å². The third-order valence-electron chi connectivity index (χ3n) is 6.56. The molecule has 3 heteroatoms. The quantitative estimate of drug-likeness (QED) is 0.344. The van der Waals surface area contributed by atoms with Gasteiger partial charge in [0.1, 0.15) is 0 Å². The van der Waals surface area contributed by atoms with Gasteiger partial charge in [0.25, 0.3) is 0 Å². The van der Waals surface area contributed by atoms with Gasteiger partial charge in [-0.15, -0.1) is 0 Å². The monoisotopic (exact) mass is 437 g/mol. The molecule has 0 aliphatic carbocycles. The second kappa shape index (κ2) is 10.5. The molecule has 0 spiro atoms. The highest BCUT2D eigenvalue weighted by Crippen LogP contribution is 2.32. The van der Waals surface area contributed by atoms with Gasteiger partial charge in [0, 0.05) is 24.4 Å². The van der Waals surface area contributed by atoms with Crippen molar-refractivity contribution in [2.45, 2.75) is 46.1 Å². The fraction of sp³-hybridized carbons (Fsp3) is 0.300. The molecule has 0 aromatic heterocycles. The van der Waals surface area contributed by atoms with Crippen LogP contribution in [-0.4, -0.2) is 12.3 Å². The molecule has 33 heavy (non-hydrogen) atoms. The average Bonchev–Trinajstić information content (AvgIpc) is 3.30. The van der Waals surface area contributed by atoms with Crippen molar-refractivity contribution in [1.82, 2.24) is 5.32 Å². The van der Waals surface area contributed by atoms with Crippen LogP contribution in [0.1, 0.15) is 61.9 Å². The number of benzene rings is 3. The molecule has 3 nitrogen and oxygen atoms in total. The lowest BCUT2D eigenvalue weighted by Gasteiger charge is -2.26. The van der Waals surface area contributed by atoms with E-state index < -0.39 is 0 Å². The predicted octanol–water partition coefficient (Wildman–Crippen LogP) is 7.53. The van der Waals surface area contributed by atoms with Crippen LogP contribution in [0.15, 0.2) is 84.4 Å². The van der Waals surface area contributed by atoms with Crippen molar-refractivity contribution >= 4 is 22.8 Å². The first-order chi connectivity index (χ1) is 16.1. The minimum Gasteiger partial charge on any atom is -0.385 e. The first kappa shape index (κ1) is 22.8. The van der Waals surface area contributed by atoms with Crippen LogP contribution in [0.25, 0.3) is 5.70 Å². The van der Waals surface area contributed by atoms with Crippen LogP contribution in [0.3, 0.4) is 0 Å². The Hall–Kier alpha value is -3.33. The zero-order valence-corrected chi connectivity index (χ0v) is 20.1. The smallest absolute Gasteiger partial charge is 0.0669 e. The lowest BCUT2D eigenvalue weighted by molar-refractivity contribution is 0.482. The zero-order valence-electron chi connectivity index (χ0n) is 20.1. The minimum absolute atomic E-state index is 0.249. The number of fused-ring (bicyclic) bond motifs is 1. The molecule has 0 amide bonds. The molecule has 170 valence electrons. The van der Waals surface area contributed by atoms with Crippen LogP contribution in [0.2, 0.25) is 0 Å². The number of para-hydroxylation sites is 1. The number of rotatable bonds is 10. The van der Waals surface area contributed by atoms with E-state index in [1.54, 1.807) is 0 Å². The Balaban J connectivity index is 1.48. The zero-order chi connectivity index (χ0) is 23.2. The lowest BCUT2D eigenvalue weighted by atomic mass is 9.91. The highest BCUT2D eigenvalue weighted by atomic mass is 14.9. The lowest BCUT2D eigenvalue weighted by Crippen LogP contribution is -2.19. The Kier molecular flexibility index (Phi) is 7.29. The van der Waals surface area contributed by atoms with Gasteiger partial charge in [-0.2, -0.15) is 0 Å². The van der Waals surface area contributed by atoms with Crippen molar-refractivity contribution in [2.75, 3.05) is 11.9 Å². The van der Waals surface area contributed by atoms with Gasteiger partial charge in [0.15, 0.2) is 0 Å². The largest absolute Gasteiger partial charge is 0.385 e. The number of anilines is 1. The fourth-order valence-corrected chi connectivity index (χ4v) is 4.30. The Morgan fingerprint density at radius 3 is 2.36 bits per heavy atom. The third-order valence-corrected chi connectivity index (χ3v) is 6.56. The van der Waals surface area contributed by atoms with Crippen LogP contribution in [0.4, 0.5) is 11.4 Å². The van der Waals surface area contributed by atoms with E-state index in [4.69, 9.17) is 4.99 Å². The summed E-state index contributed by atoms with van der Waals surface area (Å²) in [6.07, 6.45) is 3.11. The molecule has 0 saturated heterocycles. The molecule has 0 bridgehead atoms. The van der Waals surface area contributed by atoms with E-state index >= 15 is 0 Å². The van der Waals surface area contributed by atoms with Crippen molar-refractivity contribution in [3.8, 4) is 0 Å². The molecule has 1 aliphatic rings. The maximum atomic E-state index is 4.85. The SMILES string of the molecule is C=C(NCCC)c1ccc(NC(c2ccc(C3=Nc4ccccc4C3)cc2)C(C)CC)cc1. The van der Waals surface area contributed by atoms with Gasteiger partial charge in [0.05, 0.1) is 17.4 Å². The Labute approximate surface area is 198 Å². The molecular formula is C30H35N3. The number of hydrogen-bond acceptors (Lipinski definition) is 3. The van der Waals surface area contributed by atoms with E-state index in [2.05, 4.69) is 111 Å². The van der Waals surface area contributed by atoms with E-state index in [9.17, 15) is 0 Å². The van der Waals surface area contributed by atoms with Crippen molar-refractivity contribution < 1.29 is 0 Å². The van der Waals surface area contributed by atoms with Crippen LogP contribution in [0, 0.1) is 5.92 Å². The third kappa shape index (κ3) is 5.36. The molecule has 3 aromatic rings. The number of nitrogens with zero attached hydrogens (tertiary/aromatic N) is 1. The molecule has 0 fully saturated rings. The van der Waals surface area contributed by atoms with Crippen LogP contribution >= 0.6 is 0 Å². The van der Waals surface area contributed by atoms with Crippen molar-refractivity contribution in [3.63, 3.8) is 0 Å². The van der Waals surface area contributed by atoms with E-state index in [0.29, 0.717) is 5.92 Å². The first-order valence-electron chi connectivity index (χ1n) is 12.1. The highest BCUT2D eigenvalue weighted by molar-refractivity contribution is 6.06. The normalized spacial score (nSPS) is 14.2. The molecule has 1 aliphatic heterocycles. The predicted molar refractivity (Wildman–Crippen MR) is 142 cm³/mol. The van der Waals surface area contributed by atoms with Crippen LogP contribution in [-0.2, 0) is 6.42 Å². The number of nitrogens with one attached hydrogen (secondary N) is 2. The molecule has 3 aromatic carbocycles. The van der Waals surface area contributed by atoms with Gasteiger partial charge in [-0.3, -0.25) is 4.99 Å². The maximum absolute atomic E-state index is 4.85. The summed E-state index contributed by atoms with van der Waals surface area (Å²) in [4.78, 5) is 4.85. The Morgan fingerprint density at radius 1 is 0.970 bits per heavy atom. The summed E-state index contributed by atoms with van der Waals surface area (Å²) in [5.74, 6) is 0.504. The van der Waals surface area contributed by atoms with Crippen LogP contribution in [0.5, 0.6) is 0 Å². The average molecular weight is 438 g/mol. The second-order valence-electron chi connectivity index (χ2n) is 8.98. The molecule has 4 rings (SSSR count).